The van der Waals surface area contributed by atoms with E-state index in [0.29, 0.717) is 11.6 Å². The Morgan fingerprint density at radius 3 is 2.65 bits per heavy atom. The first-order valence-corrected chi connectivity index (χ1v) is 7.84. The van der Waals surface area contributed by atoms with Crippen molar-refractivity contribution >= 4 is 29.2 Å². The number of halogens is 1. The minimum absolute atomic E-state index is 0.224. The van der Waals surface area contributed by atoms with Crippen molar-refractivity contribution in [3.05, 3.63) is 64.7 Å². The molecule has 0 radical (unpaired) electrons. The van der Waals surface area contributed by atoms with E-state index in [1.807, 2.05) is 24.3 Å². The van der Waals surface area contributed by atoms with Crippen LogP contribution in [0.1, 0.15) is 22.3 Å². The molecular weight excluding hydrogens is 314 g/mol. The molecule has 0 saturated heterocycles. The number of anilines is 1. The van der Waals surface area contributed by atoms with E-state index in [9.17, 15) is 9.59 Å². The molecule has 0 atom stereocenters. The molecule has 1 aliphatic rings. The topological polar surface area (TPSA) is 46.6 Å². The molecule has 3 rings (SSSR count). The van der Waals surface area contributed by atoms with Crippen LogP contribution in [0.3, 0.4) is 0 Å². The van der Waals surface area contributed by atoms with E-state index in [2.05, 4.69) is 0 Å². The van der Waals surface area contributed by atoms with E-state index < -0.39 is 5.97 Å². The number of amides is 1. The highest BCUT2D eigenvalue weighted by Crippen LogP contribution is 2.26. The Kier molecular flexibility index (Phi) is 4.63. The summed E-state index contributed by atoms with van der Waals surface area (Å²) in [5.74, 6) is -0.813. The van der Waals surface area contributed by atoms with Gasteiger partial charge in [0.1, 0.15) is 0 Å². The molecule has 2 aromatic rings. The maximum Gasteiger partial charge on any atom is 0.340 e. The van der Waals surface area contributed by atoms with Crippen LogP contribution in [0.4, 0.5) is 5.69 Å². The second-order valence-electron chi connectivity index (χ2n) is 5.33. The van der Waals surface area contributed by atoms with Crippen molar-refractivity contribution in [3.8, 4) is 0 Å². The van der Waals surface area contributed by atoms with E-state index in [4.69, 9.17) is 16.3 Å². The molecule has 0 N–H and O–H groups in total. The minimum atomic E-state index is -0.589. The molecule has 1 heterocycles. The van der Waals surface area contributed by atoms with Gasteiger partial charge in [-0.25, -0.2) is 4.79 Å². The van der Waals surface area contributed by atoms with Crippen molar-refractivity contribution in [2.24, 2.45) is 0 Å². The molecule has 0 aromatic heterocycles. The number of carbonyl (C=O) groups is 2. The molecule has 0 bridgehead atoms. The number of para-hydroxylation sites is 1. The molecular formula is C18H16ClNO3. The van der Waals surface area contributed by atoms with Crippen LogP contribution in [0.5, 0.6) is 0 Å². The third kappa shape index (κ3) is 3.37. The fourth-order valence-electron chi connectivity index (χ4n) is 2.70. The van der Waals surface area contributed by atoms with Gasteiger partial charge in [0.15, 0.2) is 6.61 Å². The summed E-state index contributed by atoms with van der Waals surface area (Å²) in [6, 6.07) is 14.4. The first kappa shape index (κ1) is 15.6. The van der Waals surface area contributed by atoms with Crippen LogP contribution in [0.15, 0.2) is 48.5 Å². The van der Waals surface area contributed by atoms with Gasteiger partial charge in [0, 0.05) is 12.2 Å². The maximum atomic E-state index is 12.4. The Morgan fingerprint density at radius 1 is 1.09 bits per heavy atom. The van der Waals surface area contributed by atoms with Gasteiger partial charge in [0.05, 0.1) is 10.6 Å². The van der Waals surface area contributed by atoms with Gasteiger partial charge in [-0.3, -0.25) is 4.79 Å². The fourth-order valence-corrected chi connectivity index (χ4v) is 2.92. The molecule has 2 aromatic carbocycles. The number of hydrogen-bond donors (Lipinski definition) is 0. The molecule has 0 fully saturated rings. The summed E-state index contributed by atoms with van der Waals surface area (Å²) in [4.78, 5) is 26.1. The summed E-state index contributed by atoms with van der Waals surface area (Å²) < 4.78 is 5.12. The van der Waals surface area contributed by atoms with E-state index in [1.54, 1.807) is 29.2 Å². The van der Waals surface area contributed by atoms with Crippen LogP contribution >= 0.6 is 11.6 Å². The Labute approximate surface area is 139 Å². The van der Waals surface area contributed by atoms with Crippen LogP contribution < -0.4 is 4.90 Å². The number of nitrogens with zero attached hydrogens (tertiary/aromatic N) is 1. The first-order chi connectivity index (χ1) is 11.2. The van der Waals surface area contributed by atoms with E-state index in [-0.39, 0.29) is 18.1 Å². The average molecular weight is 330 g/mol. The molecule has 23 heavy (non-hydrogen) atoms. The molecule has 118 valence electrons. The summed E-state index contributed by atoms with van der Waals surface area (Å²) in [5.41, 5.74) is 2.31. The third-order valence-corrected chi connectivity index (χ3v) is 4.16. The Hall–Kier alpha value is -2.33. The Bertz CT molecular complexity index is 745. The molecule has 0 aliphatic carbocycles. The predicted molar refractivity (Wildman–Crippen MR) is 88.9 cm³/mol. The van der Waals surface area contributed by atoms with Gasteiger partial charge in [-0.1, -0.05) is 41.9 Å². The lowest BCUT2D eigenvalue weighted by Gasteiger charge is -2.29. The van der Waals surface area contributed by atoms with E-state index in [0.717, 1.165) is 24.1 Å². The molecule has 1 aliphatic heterocycles. The third-order valence-electron chi connectivity index (χ3n) is 3.83. The summed E-state index contributed by atoms with van der Waals surface area (Å²) >= 11 is 5.95. The highest BCUT2D eigenvalue weighted by atomic mass is 35.5. The van der Waals surface area contributed by atoms with Crippen molar-refractivity contribution in [3.63, 3.8) is 0 Å². The van der Waals surface area contributed by atoms with Gasteiger partial charge in [-0.05, 0) is 36.6 Å². The zero-order valence-electron chi connectivity index (χ0n) is 12.5. The molecule has 0 saturated carbocycles. The van der Waals surface area contributed by atoms with Crippen LogP contribution in [-0.2, 0) is 16.0 Å². The van der Waals surface area contributed by atoms with Crippen LogP contribution in [-0.4, -0.2) is 25.0 Å². The number of aryl methyl sites for hydroxylation is 1. The highest BCUT2D eigenvalue weighted by molar-refractivity contribution is 6.33. The predicted octanol–water partition coefficient (Wildman–Crippen LogP) is 3.48. The summed E-state index contributed by atoms with van der Waals surface area (Å²) in [5, 5.41) is 0.313. The van der Waals surface area contributed by atoms with Crippen molar-refractivity contribution in [1.82, 2.24) is 0 Å². The molecule has 4 nitrogen and oxygen atoms in total. The second-order valence-corrected chi connectivity index (χ2v) is 5.74. The second kappa shape index (κ2) is 6.84. The minimum Gasteiger partial charge on any atom is -0.452 e. The van der Waals surface area contributed by atoms with Crippen LogP contribution in [0.2, 0.25) is 5.02 Å². The first-order valence-electron chi connectivity index (χ1n) is 7.47. The lowest BCUT2D eigenvalue weighted by Crippen LogP contribution is -2.38. The number of benzene rings is 2. The van der Waals surface area contributed by atoms with Gasteiger partial charge in [-0.2, -0.15) is 0 Å². The van der Waals surface area contributed by atoms with Crippen LogP contribution in [0, 0.1) is 0 Å². The van der Waals surface area contributed by atoms with Gasteiger partial charge >= 0.3 is 5.97 Å². The average Bonchev–Trinajstić information content (AvgIpc) is 2.59. The van der Waals surface area contributed by atoms with Gasteiger partial charge in [0.2, 0.25) is 0 Å². The van der Waals surface area contributed by atoms with Crippen molar-refractivity contribution in [1.29, 1.82) is 0 Å². The van der Waals surface area contributed by atoms with Gasteiger partial charge in [0.25, 0.3) is 5.91 Å². The SMILES string of the molecule is O=C(OCC(=O)N1CCCc2ccccc21)c1ccccc1Cl. The molecule has 5 heteroatoms. The van der Waals surface area contributed by atoms with Crippen molar-refractivity contribution in [2.75, 3.05) is 18.1 Å². The maximum absolute atomic E-state index is 12.4. The summed E-state index contributed by atoms with van der Waals surface area (Å²) in [6.45, 7) is 0.345. The van der Waals surface area contributed by atoms with Crippen molar-refractivity contribution < 1.29 is 14.3 Å². The molecule has 0 unspecified atom stereocenters. The standard InChI is InChI=1S/C18H16ClNO3/c19-15-9-3-2-8-14(15)18(22)23-12-17(21)20-11-5-7-13-6-1-4-10-16(13)20/h1-4,6,8-10H,5,7,11-12H2. The zero-order valence-corrected chi connectivity index (χ0v) is 13.3. The molecule has 1 amide bonds. The van der Waals surface area contributed by atoms with E-state index >= 15 is 0 Å². The zero-order chi connectivity index (χ0) is 16.2. The number of carbonyl (C=O) groups excluding carboxylic acids is 2. The number of rotatable bonds is 3. The summed E-state index contributed by atoms with van der Waals surface area (Å²) in [6.07, 6.45) is 1.86. The summed E-state index contributed by atoms with van der Waals surface area (Å²) in [7, 11) is 0. The smallest absolute Gasteiger partial charge is 0.340 e. The van der Waals surface area contributed by atoms with Crippen LogP contribution in [0.25, 0.3) is 0 Å². The lowest BCUT2D eigenvalue weighted by atomic mass is 10.0. The monoisotopic (exact) mass is 329 g/mol. The highest BCUT2D eigenvalue weighted by Gasteiger charge is 2.23. The lowest BCUT2D eigenvalue weighted by molar-refractivity contribution is -0.121. The number of ether oxygens (including phenoxy) is 1. The largest absolute Gasteiger partial charge is 0.452 e. The van der Waals surface area contributed by atoms with Gasteiger partial charge in [-0.15, -0.1) is 0 Å². The molecule has 0 spiro atoms. The fraction of sp³-hybridized carbons (Fsp3) is 0.222. The van der Waals surface area contributed by atoms with Gasteiger partial charge < -0.3 is 9.64 Å². The Balaban J connectivity index is 1.67. The number of hydrogen-bond acceptors (Lipinski definition) is 3. The quantitative estimate of drug-likeness (QED) is 0.810. The number of esters is 1. The normalized spacial score (nSPS) is 13.3. The van der Waals surface area contributed by atoms with E-state index in [1.165, 1.54) is 0 Å². The Morgan fingerprint density at radius 2 is 1.83 bits per heavy atom. The number of fused-ring (bicyclic) bond motifs is 1. The van der Waals surface area contributed by atoms with Crippen molar-refractivity contribution in [2.45, 2.75) is 12.8 Å².